The molecule has 0 aromatic heterocycles. The van der Waals surface area contributed by atoms with Gasteiger partial charge in [-0.05, 0) is 25.3 Å². The van der Waals surface area contributed by atoms with Gasteiger partial charge in [0.05, 0.1) is 6.61 Å². The third-order valence-electron chi connectivity index (χ3n) is 2.78. The maximum Gasteiger partial charge on any atom is 0.324 e. The van der Waals surface area contributed by atoms with E-state index in [2.05, 4.69) is 12.5 Å². The zero-order valence-corrected chi connectivity index (χ0v) is 10.7. The predicted molar refractivity (Wildman–Crippen MR) is 72.9 cm³/mol. The van der Waals surface area contributed by atoms with Crippen molar-refractivity contribution in [3.8, 4) is 12.3 Å². The highest BCUT2D eigenvalue weighted by Crippen LogP contribution is 2.29. The van der Waals surface area contributed by atoms with Crippen molar-refractivity contribution in [2.24, 2.45) is 5.41 Å². The fourth-order valence-corrected chi connectivity index (χ4v) is 1.86. The Morgan fingerprint density at radius 1 is 1.50 bits per heavy atom. The molecule has 2 heteroatoms. The molecule has 0 radical (unpaired) electrons. The fraction of sp³-hybridized carbons (Fsp3) is 0.312. The molecule has 2 nitrogen and oxygen atoms in total. The lowest BCUT2D eigenvalue weighted by Crippen LogP contribution is -2.33. The molecule has 0 bridgehead atoms. The van der Waals surface area contributed by atoms with Crippen LogP contribution < -0.4 is 0 Å². The van der Waals surface area contributed by atoms with E-state index in [1.165, 1.54) is 0 Å². The van der Waals surface area contributed by atoms with Gasteiger partial charge in [-0.1, -0.05) is 42.3 Å². The zero-order valence-electron chi connectivity index (χ0n) is 10.7. The number of benzene rings is 1. The molecule has 0 aliphatic carbocycles. The Balaban J connectivity index is 3.01. The Hall–Kier alpha value is -2.01. The molecule has 0 saturated carbocycles. The predicted octanol–water partition coefficient (Wildman–Crippen LogP) is 2.99. The van der Waals surface area contributed by atoms with E-state index in [-0.39, 0.29) is 5.97 Å². The molecule has 1 rings (SSSR count). The maximum atomic E-state index is 12.1. The van der Waals surface area contributed by atoms with Crippen molar-refractivity contribution >= 4 is 5.97 Å². The SMILES string of the molecule is C#CC(CC=C)(Cc1ccccc1)C(=O)OCC. The van der Waals surface area contributed by atoms with Gasteiger partial charge >= 0.3 is 5.97 Å². The first-order valence-electron chi connectivity index (χ1n) is 5.98. The first-order chi connectivity index (χ1) is 8.68. The van der Waals surface area contributed by atoms with Crippen LogP contribution in [0.15, 0.2) is 43.0 Å². The molecular formula is C16H18O2. The molecule has 0 amide bonds. The van der Waals surface area contributed by atoms with Gasteiger partial charge in [0.15, 0.2) is 0 Å². The molecule has 18 heavy (non-hydrogen) atoms. The highest BCUT2D eigenvalue weighted by molar-refractivity contribution is 5.81. The average Bonchev–Trinajstić information content (AvgIpc) is 2.39. The monoisotopic (exact) mass is 242 g/mol. The van der Waals surface area contributed by atoms with Crippen LogP contribution in [0.5, 0.6) is 0 Å². The summed E-state index contributed by atoms with van der Waals surface area (Å²) in [6, 6.07) is 9.69. The molecule has 0 fully saturated rings. The summed E-state index contributed by atoms with van der Waals surface area (Å²) in [7, 11) is 0. The largest absolute Gasteiger partial charge is 0.465 e. The van der Waals surface area contributed by atoms with Crippen LogP contribution in [-0.4, -0.2) is 12.6 Å². The molecule has 0 aliphatic rings. The fourth-order valence-electron chi connectivity index (χ4n) is 1.86. The molecule has 94 valence electrons. The minimum absolute atomic E-state index is 0.328. The highest BCUT2D eigenvalue weighted by Gasteiger charge is 2.37. The third kappa shape index (κ3) is 3.24. The summed E-state index contributed by atoms with van der Waals surface area (Å²) < 4.78 is 5.09. The second-order valence-electron chi connectivity index (χ2n) is 4.10. The van der Waals surface area contributed by atoms with Crippen LogP contribution in [0.1, 0.15) is 18.9 Å². The first kappa shape index (κ1) is 14.1. The van der Waals surface area contributed by atoms with E-state index in [4.69, 9.17) is 11.2 Å². The molecule has 0 heterocycles. The number of terminal acetylenes is 1. The summed E-state index contributed by atoms with van der Waals surface area (Å²) in [5, 5.41) is 0. The van der Waals surface area contributed by atoms with Crippen LogP contribution in [0.25, 0.3) is 0 Å². The standard InChI is InChI=1S/C16H18O2/c1-4-12-16(5-2,15(17)18-6-3)13-14-10-8-7-9-11-14/h2,4,7-11H,1,6,12-13H2,3H3. The van der Waals surface area contributed by atoms with Gasteiger partial charge in [-0.3, -0.25) is 4.79 Å². The number of hydrogen-bond donors (Lipinski definition) is 0. The summed E-state index contributed by atoms with van der Waals surface area (Å²) in [5.41, 5.74) is 0.0735. The number of esters is 1. The Morgan fingerprint density at radius 2 is 2.17 bits per heavy atom. The number of carbonyl (C=O) groups excluding carboxylic acids is 1. The van der Waals surface area contributed by atoms with Crippen molar-refractivity contribution in [2.45, 2.75) is 19.8 Å². The molecule has 0 aliphatic heterocycles. The van der Waals surface area contributed by atoms with Gasteiger partial charge in [0.2, 0.25) is 0 Å². The molecular weight excluding hydrogens is 224 g/mol. The van der Waals surface area contributed by atoms with E-state index in [1.807, 2.05) is 30.3 Å². The number of rotatable bonds is 6. The van der Waals surface area contributed by atoms with Crippen LogP contribution in [0.4, 0.5) is 0 Å². The topological polar surface area (TPSA) is 26.3 Å². The maximum absolute atomic E-state index is 12.1. The molecule has 1 unspecified atom stereocenters. The van der Waals surface area contributed by atoms with Gasteiger partial charge in [0.25, 0.3) is 0 Å². The van der Waals surface area contributed by atoms with E-state index in [0.717, 1.165) is 5.56 Å². The van der Waals surface area contributed by atoms with Gasteiger partial charge in [-0.25, -0.2) is 0 Å². The smallest absolute Gasteiger partial charge is 0.324 e. The minimum atomic E-state index is -0.945. The normalized spacial score (nSPS) is 13.1. The van der Waals surface area contributed by atoms with Crippen molar-refractivity contribution < 1.29 is 9.53 Å². The lowest BCUT2D eigenvalue weighted by atomic mass is 9.79. The zero-order chi connectivity index (χ0) is 13.4. The van der Waals surface area contributed by atoms with Gasteiger partial charge in [-0.2, -0.15) is 0 Å². The Bertz CT molecular complexity index is 442. The third-order valence-corrected chi connectivity index (χ3v) is 2.78. The van der Waals surface area contributed by atoms with E-state index < -0.39 is 5.41 Å². The first-order valence-corrected chi connectivity index (χ1v) is 5.98. The molecule has 1 aromatic rings. The summed E-state index contributed by atoms with van der Waals surface area (Å²) in [6.45, 7) is 5.78. The molecule has 0 spiro atoms. The Morgan fingerprint density at radius 3 is 2.67 bits per heavy atom. The van der Waals surface area contributed by atoms with Gasteiger partial charge < -0.3 is 4.74 Å². The quantitative estimate of drug-likeness (QED) is 0.435. The Kier molecular flexibility index (Phi) is 5.20. The number of ether oxygens (including phenoxy) is 1. The molecule has 1 atom stereocenters. The van der Waals surface area contributed by atoms with Crippen molar-refractivity contribution in [1.82, 2.24) is 0 Å². The molecule has 1 aromatic carbocycles. The van der Waals surface area contributed by atoms with Crippen LogP contribution in [0.3, 0.4) is 0 Å². The van der Waals surface area contributed by atoms with Gasteiger partial charge in [0.1, 0.15) is 5.41 Å². The second kappa shape index (κ2) is 6.66. The van der Waals surface area contributed by atoms with Crippen LogP contribution in [0, 0.1) is 17.8 Å². The number of hydrogen-bond acceptors (Lipinski definition) is 2. The van der Waals surface area contributed by atoms with Gasteiger partial charge in [0, 0.05) is 0 Å². The van der Waals surface area contributed by atoms with Crippen molar-refractivity contribution in [3.05, 3.63) is 48.6 Å². The van der Waals surface area contributed by atoms with Crippen molar-refractivity contribution in [1.29, 1.82) is 0 Å². The summed E-state index contributed by atoms with van der Waals surface area (Å²) in [6.07, 6.45) is 8.12. The summed E-state index contributed by atoms with van der Waals surface area (Å²) in [4.78, 5) is 12.1. The van der Waals surface area contributed by atoms with Gasteiger partial charge in [-0.15, -0.1) is 13.0 Å². The highest BCUT2D eigenvalue weighted by atomic mass is 16.5. The van der Waals surface area contributed by atoms with Crippen LogP contribution in [0.2, 0.25) is 0 Å². The van der Waals surface area contributed by atoms with Crippen LogP contribution >= 0.6 is 0 Å². The van der Waals surface area contributed by atoms with Crippen molar-refractivity contribution in [3.63, 3.8) is 0 Å². The molecule has 0 N–H and O–H groups in total. The van der Waals surface area contributed by atoms with E-state index >= 15 is 0 Å². The summed E-state index contributed by atoms with van der Waals surface area (Å²) in [5.74, 6) is 2.25. The lowest BCUT2D eigenvalue weighted by Gasteiger charge is -2.25. The number of carbonyl (C=O) groups is 1. The second-order valence-corrected chi connectivity index (χ2v) is 4.10. The van der Waals surface area contributed by atoms with E-state index in [1.54, 1.807) is 13.0 Å². The molecule has 0 saturated heterocycles. The van der Waals surface area contributed by atoms with Crippen LogP contribution in [-0.2, 0) is 16.0 Å². The van der Waals surface area contributed by atoms with E-state index in [9.17, 15) is 4.79 Å². The Labute approximate surface area is 109 Å². The summed E-state index contributed by atoms with van der Waals surface area (Å²) >= 11 is 0. The van der Waals surface area contributed by atoms with Crippen molar-refractivity contribution in [2.75, 3.05) is 6.61 Å². The average molecular weight is 242 g/mol. The number of allylic oxidation sites excluding steroid dienone is 1. The van der Waals surface area contributed by atoms with E-state index in [0.29, 0.717) is 19.4 Å². The lowest BCUT2D eigenvalue weighted by molar-refractivity contribution is -0.151. The minimum Gasteiger partial charge on any atom is -0.465 e.